The van der Waals surface area contributed by atoms with Crippen molar-refractivity contribution in [2.45, 2.75) is 25.1 Å². The molecule has 1 saturated heterocycles. The predicted octanol–water partition coefficient (Wildman–Crippen LogP) is 0.539. The molecule has 1 atom stereocenters. The largest absolute Gasteiger partial charge is 0.353 e. The zero-order valence-corrected chi connectivity index (χ0v) is 11.8. The van der Waals surface area contributed by atoms with E-state index in [0.717, 1.165) is 19.5 Å². The van der Waals surface area contributed by atoms with Crippen molar-refractivity contribution in [3.8, 4) is 0 Å². The highest BCUT2D eigenvalue weighted by molar-refractivity contribution is 7.90. The van der Waals surface area contributed by atoms with E-state index in [0.29, 0.717) is 13.1 Å². The molecule has 1 aromatic rings. The Bertz CT molecular complexity index is 495. The second-order valence-electron chi connectivity index (χ2n) is 4.80. The fourth-order valence-corrected chi connectivity index (χ4v) is 3.86. The Morgan fingerprint density at radius 1 is 1.50 bits per heavy atom. The SMILES string of the molecule is CCNS(=O)(=O)[C@H]1CCN(Cc2cccn2C)C1. The fourth-order valence-electron chi connectivity index (χ4n) is 2.40. The van der Waals surface area contributed by atoms with Gasteiger partial charge in [0.2, 0.25) is 10.0 Å². The first-order valence-corrected chi connectivity index (χ1v) is 7.88. The zero-order valence-electron chi connectivity index (χ0n) is 11.0. The van der Waals surface area contributed by atoms with E-state index in [1.54, 1.807) is 0 Å². The predicted molar refractivity (Wildman–Crippen MR) is 71.7 cm³/mol. The number of hydrogen-bond donors (Lipinski definition) is 1. The van der Waals surface area contributed by atoms with Crippen molar-refractivity contribution >= 4 is 10.0 Å². The van der Waals surface area contributed by atoms with E-state index >= 15 is 0 Å². The topological polar surface area (TPSA) is 54.3 Å². The first kappa shape index (κ1) is 13.6. The lowest BCUT2D eigenvalue weighted by atomic mass is 10.4. The number of aromatic nitrogens is 1. The van der Waals surface area contributed by atoms with Gasteiger partial charge < -0.3 is 4.57 Å². The number of rotatable bonds is 5. The summed E-state index contributed by atoms with van der Waals surface area (Å²) in [7, 11) is -1.12. The highest BCUT2D eigenvalue weighted by Crippen LogP contribution is 2.18. The molecule has 0 aromatic carbocycles. The summed E-state index contributed by atoms with van der Waals surface area (Å²) in [6, 6.07) is 4.09. The van der Waals surface area contributed by atoms with Crippen molar-refractivity contribution in [1.29, 1.82) is 0 Å². The average molecular weight is 271 g/mol. The summed E-state index contributed by atoms with van der Waals surface area (Å²) in [5, 5.41) is -0.266. The normalized spacial score (nSPS) is 21.6. The number of aryl methyl sites for hydroxylation is 1. The lowest BCUT2D eigenvalue weighted by Crippen LogP contribution is -2.36. The maximum absolute atomic E-state index is 11.9. The lowest BCUT2D eigenvalue weighted by molar-refractivity contribution is 0.323. The van der Waals surface area contributed by atoms with Gasteiger partial charge in [-0.15, -0.1) is 0 Å². The van der Waals surface area contributed by atoms with Gasteiger partial charge in [0.1, 0.15) is 0 Å². The Labute approximate surface area is 109 Å². The molecule has 2 rings (SSSR count). The van der Waals surface area contributed by atoms with E-state index < -0.39 is 10.0 Å². The Hall–Kier alpha value is -0.850. The van der Waals surface area contributed by atoms with Gasteiger partial charge in [0, 0.05) is 38.6 Å². The molecule has 1 aromatic heterocycles. The van der Waals surface area contributed by atoms with Crippen LogP contribution >= 0.6 is 0 Å². The van der Waals surface area contributed by atoms with Crippen molar-refractivity contribution in [1.82, 2.24) is 14.2 Å². The van der Waals surface area contributed by atoms with Gasteiger partial charge in [0.15, 0.2) is 0 Å². The summed E-state index contributed by atoms with van der Waals surface area (Å²) < 4.78 is 28.5. The molecule has 6 heteroatoms. The van der Waals surface area contributed by atoms with Crippen LogP contribution in [-0.4, -0.2) is 42.8 Å². The van der Waals surface area contributed by atoms with Crippen LogP contribution in [-0.2, 0) is 23.6 Å². The summed E-state index contributed by atoms with van der Waals surface area (Å²) >= 11 is 0. The molecule has 1 N–H and O–H groups in total. The van der Waals surface area contributed by atoms with Gasteiger partial charge in [-0.2, -0.15) is 0 Å². The minimum Gasteiger partial charge on any atom is -0.353 e. The number of nitrogens with zero attached hydrogens (tertiary/aromatic N) is 2. The molecule has 0 saturated carbocycles. The third kappa shape index (κ3) is 2.93. The van der Waals surface area contributed by atoms with Gasteiger partial charge in [0.05, 0.1) is 5.25 Å². The molecular weight excluding hydrogens is 250 g/mol. The van der Waals surface area contributed by atoms with Crippen molar-refractivity contribution < 1.29 is 8.42 Å². The van der Waals surface area contributed by atoms with Crippen molar-refractivity contribution in [3.63, 3.8) is 0 Å². The maximum Gasteiger partial charge on any atom is 0.215 e. The second-order valence-corrected chi connectivity index (χ2v) is 6.84. The van der Waals surface area contributed by atoms with Crippen LogP contribution in [0, 0.1) is 0 Å². The van der Waals surface area contributed by atoms with Crippen LogP contribution in [0.4, 0.5) is 0 Å². The molecule has 0 spiro atoms. The summed E-state index contributed by atoms with van der Waals surface area (Å²) in [6.07, 6.45) is 2.73. The van der Waals surface area contributed by atoms with E-state index in [1.807, 2.05) is 26.2 Å². The standard InChI is InChI=1S/C12H21N3O2S/c1-3-13-18(16,17)12-6-8-15(10-12)9-11-5-4-7-14(11)2/h4-5,7,12-13H,3,6,8-10H2,1-2H3/t12-/m0/s1. The van der Waals surface area contributed by atoms with Crippen molar-refractivity contribution in [2.75, 3.05) is 19.6 Å². The first-order valence-electron chi connectivity index (χ1n) is 6.34. The Balaban J connectivity index is 1.95. The summed E-state index contributed by atoms with van der Waals surface area (Å²) in [4.78, 5) is 2.20. The van der Waals surface area contributed by atoms with Crippen molar-refractivity contribution in [2.24, 2.45) is 7.05 Å². The molecule has 1 aliphatic rings. The van der Waals surface area contributed by atoms with Gasteiger partial charge in [-0.25, -0.2) is 13.1 Å². The maximum atomic E-state index is 11.9. The highest BCUT2D eigenvalue weighted by atomic mass is 32.2. The molecule has 5 nitrogen and oxygen atoms in total. The van der Waals surface area contributed by atoms with Gasteiger partial charge in [-0.1, -0.05) is 6.92 Å². The van der Waals surface area contributed by atoms with Gasteiger partial charge in [-0.05, 0) is 25.1 Å². The van der Waals surface area contributed by atoms with E-state index in [1.165, 1.54) is 5.69 Å². The molecule has 1 fully saturated rings. The first-order chi connectivity index (χ1) is 8.53. The molecule has 1 aliphatic heterocycles. The molecule has 18 heavy (non-hydrogen) atoms. The quantitative estimate of drug-likeness (QED) is 0.850. The molecule has 0 aliphatic carbocycles. The number of nitrogens with one attached hydrogen (secondary N) is 1. The molecule has 0 unspecified atom stereocenters. The zero-order chi connectivity index (χ0) is 13.2. The monoisotopic (exact) mass is 271 g/mol. The summed E-state index contributed by atoms with van der Waals surface area (Å²) in [5.74, 6) is 0. The molecule has 102 valence electrons. The van der Waals surface area contributed by atoms with E-state index in [4.69, 9.17) is 0 Å². The van der Waals surface area contributed by atoms with Crippen LogP contribution in [0.25, 0.3) is 0 Å². The molecule has 0 bridgehead atoms. The van der Waals surface area contributed by atoms with Crippen molar-refractivity contribution in [3.05, 3.63) is 24.0 Å². The smallest absolute Gasteiger partial charge is 0.215 e. The third-order valence-electron chi connectivity index (χ3n) is 3.45. The highest BCUT2D eigenvalue weighted by Gasteiger charge is 2.32. The Kier molecular flexibility index (Phi) is 4.09. The van der Waals surface area contributed by atoms with Gasteiger partial charge in [-0.3, -0.25) is 4.90 Å². The molecule has 0 radical (unpaired) electrons. The van der Waals surface area contributed by atoms with Crippen LogP contribution in [0.3, 0.4) is 0 Å². The minimum absolute atomic E-state index is 0.266. The Morgan fingerprint density at radius 3 is 2.89 bits per heavy atom. The van der Waals surface area contributed by atoms with Gasteiger partial charge in [0.25, 0.3) is 0 Å². The number of sulfonamides is 1. The van der Waals surface area contributed by atoms with Crippen LogP contribution in [0.2, 0.25) is 0 Å². The summed E-state index contributed by atoms with van der Waals surface area (Å²) in [5.41, 5.74) is 1.22. The molecular formula is C12H21N3O2S. The number of hydrogen-bond acceptors (Lipinski definition) is 3. The third-order valence-corrected chi connectivity index (χ3v) is 5.40. The van der Waals surface area contributed by atoms with Crippen LogP contribution in [0.15, 0.2) is 18.3 Å². The van der Waals surface area contributed by atoms with E-state index in [2.05, 4.69) is 20.3 Å². The van der Waals surface area contributed by atoms with E-state index in [9.17, 15) is 8.42 Å². The minimum atomic E-state index is -3.13. The van der Waals surface area contributed by atoms with E-state index in [-0.39, 0.29) is 5.25 Å². The number of likely N-dealkylation sites (tertiary alicyclic amines) is 1. The van der Waals surface area contributed by atoms with Crippen LogP contribution < -0.4 is 4.72 Å². The second kappa shape index (κ2) is 5.42. The summed E-state index contributed by atoms with van der Waals surface area (Å²) in [6.45, 7) is 4.58. The Morgan fingerprint density at radius 2 is 2.28 bits per heavy atom. The van der Waals surface area contributed by atoms with Crippen LogP contribution in [0.5, 0.6) is 0 Å². The van der Waals surface area contributed by atoms with Crippen LogP contribution in [0.1, 0.15) is 19.0 Å². The van der Waals surface area contributed by atoms with Gasteiger partial charge >= 0.3 is 0 Å². The molecule has 0 amide bonds. The average Bonchev–Trinajstić information content (AvgIpc) is 2.90. The molecule has 2 heterocycles. The lowest BCUT2D eigenvalue weighted by Gasteiger charge is -2.16. The fraction of sp³-hybridized carbons (Fsp3) is 0.667.